The molecule has 0 aliphatic heterocycles. The molecule has 144 valence electrons. The van der Waals surface area contributed by atoms with E-state index in [1.165, 1.54) is 41.0 Å². The smallest absolute Gasteiger partial charge is 0.259 e. The summed E-state index contributed by atoms with van der Waals surface area (Å²) in [6.07, 6.45) is 1.61. The van der Waals surface area contributed by atoms with Crippen LogP contribution >= 0.6 is 11.6 Å². The van der Waals surface area contributed by atoms with E-state index in [0.29, 0.717) is 28.6 Å². The van der Waals surface area contributed by atoms with Crippen molar-refractivity contribution in [3.05, 3.63) is 87.0 Å². The van der Waals surface area contributed by atoms with E-state index in [1.54, 1.807) is 25.3 Å². The molecule has 0 saturated heterocycles. The third kappa shape index (κ3) is 4.40. The third-order valence-electron chi connectivity index (χ3n) is 4.14. The molecule has 1 heterocycles. The lowest BCUT2D eigenvalue weighted by atomic mass is 10.1. The van der Waals surface area contributed by atoms with E-state index in [0.717, 1.165) is 0 Å². The minimum absolute atomic E-state index is 0.213. The van der Waals surface area contributed by atoms with Crippen LogP contribution in [0.5, 0.6) is 11.5 Å². The Balaban J connectivity index is 1.90. The number of aromatic nitrogens is 1. The van der Waals surface area contributed by atoms with Gasteiger partial charge in [0.25, 0.3) is 11.5 Å². The number of hydrogen-bond acceptors (Lipinski definition) is 3. The Morgan fingerprint density at radius 3 is 2.61 bits per heavy atom. The normalized spacial score (nSPS) is 10.6. The van der Waals surface area contributed by atoms with Gasteiger partial charge < -0.3 is 14.6 Å². The molecule has 0 aliphatic rings. The lowest BCUT2D eigenvalue weighted by Gasteiger charge is -2.14. The van der Waals surface area contributed by atoms with Crippen LogP contribution < -0.4 is 15.6 Å². The summed E-state index contributed by atoms with van der Waals surface area (Å²) < 4.78 is 20.7. The van der Waals surface area contributed by atoms with Crippen LogP contribution in [0.3, 0.4) is 0 Å². The van der Waals surface area contributed by atoms with E-state index in [2.05, 4.69) is 5.32 Å². The van der Waals surface area contributed by atoms with Gasteiger partial charge in [0.1, 0.15) is 17.3 Å². The maximum absolute atomic E-state index is 13.3. The molecule has 1 aromatic heterocycles. The molecule has 0 saturated carbocycles. The molecule has 1 N–H and O–H groups in total. The molecule has 3 rings (SSSR count). The van der Waals surface area contributed by atoms with Gasteiger partial charge in [-0.3, -0.25) is 9.59 Å². The molecule has 28 heavy (non-hydrogen) atoms. The average molecular weight is 401 g/mol. The number of carbonyl (C=O) groups excluding carboxylic acids is 1. The van der Waals surface area contributed by atoms with Gasteiger partial charge in [0.05, 0.1) is 5.56 Å². The van der Waals surface area contributed by atoms with Crippen molar-refractivity contribution >= 4 is 23.2 Å². The topological polar surface area (TPSA) is 60.3 Å². The predicted octanol–water partition coefficient (Wildman–Crippen LogP) is 5.01. The number of anilines is 1. The summed E-state index contributed by atoms with van der Waals surface area (Å²) in [6, 6.07) is 11.7. The van der Waals surface area contributed by atoms with Crippen LogP contribution in [0, 0.1) is 12.7 Å². The van der Waals surface area contributed by atoms with E-state index in [9.17, 15) is 14.0 Å². The van der Waals surface area contributed by atoms with Gasteiger partial charge in [-0.25, -0.2) is 4.39 Å². The van der Waals surface area contributed by atoms with Crippen LogP contribution in [0.25, 0.3) is 0 Å². The van der Waals surface area contributed by atoms with E-state index in [1.807, 2.05) is 6.92 Å². The van der Waals surface area contributed by atoms with Gasteiger partial charge in [-0.05, 0) is 55.8 Å². The molecular formula is C21H18ClFN2O3. The number of amides is 1. The van der Waals surface area contributed by atoms with Crippen LogP contribution in [0.4, 0.5) is 10.1 Å². The fraction of sp³-hybridized carbons (Fsp3) is 0.143. The molecule has 0 radical (unpaired) electrons. The first kappa shape index (κ1) is 19.6. The lowest BCUT2D eigenvalue weighted by Crippen LogP contribution is -2.20. The minimum Gasteiger partial charge on any atom is -0.456 e. The highest BCUT2D eigenvalue weighted by atomic mass is 35.5. The van der Waals surface area contributed by atoms with E-state index in [4.69, 9.17) is 16.3 Å². The second kappa shape index (κ2) is 8.27. The molecule has 0 fully saturated rings. The highest BCUT2D eigenvalue weighted by Gasteiger charge is 2.16. The van der Waals surface area contributed by atoms with Crippen LogP contribution in [-0.4, -0.2) is 10.5 Å². The van der Waals surface area contributed by atoms with Crippen molar-refractivity contribution in [3.8, 4) is 11.5 Å². The van der Waals surface area contributed by atoms with Crippen molar-refractivity contribution in [3.63, 3.8) is 0 Å². The standard InChI is InChI=1S/C21H18ClFN2O3/c1-3-25-9-8-16(12-20(25)26)24-21(27)17-6-4-14(22)11-19(17)28-18-7-5-15(23)10-13(18)2/h4-12H,3H2,1-2H3,(H,24,27). The van der Waals surface area contributed by atoms with Gasteiger partial charge in [-0.1, -0.05) is 11.6 Å². The Kier molecular flexibility index (Phi) is 5.80. The monoisotopic (exact) mass is 400 g/mol. The molecule has 0 bridgehead atoms. The summed E-state index contributed by atoms with van der Waals surface area (Å²) in [4.78, 5) is 24.7. The first-order chi connectivity index (χ1) is 13.4. The van der Waals surface area contributed by atoms with Crippen LogP contribution in [0.1, 0.15) is 22.8 Å². The van der Waals surface area contributed by atoms with Gasteiger partial charge in [-0.15, -0.1) is 0 Å². The molecule has 2 aromatic carbocycles. The number of pyridine rings is 1. The van der Waals surface area contributed by atoms with Gasteiger partial charge in [0.15, 0.2) is 0 Å². The molecule has 5 nitrogen and oxygen atoms in total. The summed E-state index contributed by atoms with van der Waals surface area (Å²) in [7, 11) is 0. The molecule has 0 aliphatic carbocycles. The molecule has 0 atom stereocenters. The van der Waals surface area contributed by atoms with E-state index >= 15 is 0 Å². The summed E-state index contributed by atoms with van der Waals surface area (Å²) in [5, 5.41) is 3.07. The summed E-state index contributed by atoms with van der Waals surface area (Å²) >= 11 is 6.05. The third-order valence-corrected chi connectivity index (χ3v) is 4.37. The second-order valence-corrected chi connectivity index (χ2v) is 6.58. The number of halogens is 2. The Labute approximate surface area is 166 Å². The number of nitrogens with one attached hydrogen (secondary N) is 1. The number of carbonyl (C=O) groups is 1. The van der Waals surface area contributed by atoms with E-state index in [-0.39, 0.29) is 22.7 Å². The number of aryl methyl sites for hydroxylation is 2. The van der Waals surface area contributed by atoms with Crippen molar-refractivity contribution in [1.82, 2.24) is 4.57 Å². The zero-order chi connectivity index (χ0) is 20.3. The van der Waals surface area contributed by atoms with Crippen molar-refractivity contribution < 1.29 is 13.9 Å². The Morgan fingerprint density at radius 2 is 1.93 bits per heavy atom. The Hall–Kier alpha value is -3.12. The lowest BCUT2D eigenvalue weighted by molar-refractivity contribution is 0.102. The quantitative estimate of drug-likeness (QED) is 0.654. The molecule has 0 spiro atoms. The highest BCUT2D eigenvalue weighted by Crippen LogP contribution is 2.31. The number of ether oxygens (including phenoxy) is 1. The average Bonchev–Trinajstić information content (AvgIpc) is 2.64. The first-order valence-corrected chi connectivity index (χ1v) is 9.00. The maximum Gasteiger partial charge on any atom is 0.259 e. The van der Waals surface area contributed by atoms with Crippen LogP contribution in [-0.2, 0) is 6.54 Å². The maximum atomic E-state index is 13.3. The van der Waals surface area contributed by atoms with Gasteiger partial charge in [0, 0.05) is 35.6 Å². The zero-order valence-corrected chi connectivity index (χ0v) is 16.1. The summed E-state index contributed by atoms with van der Waals surface area (Å²) in [6.45, 7) is 4.10. The largest absolute Gasteiger partial charge is 0.456 e. The van der Waals surface area contributed by atoms with Crippen molar-refractivity contribution in [2.75, 3.05) is 5.32 Å². The van der Waals surface area contributed by atoms with Crippen molar-refractivity contribution in [2.45, 2.75) is 20.4 Å². The van der Waals surface area contributed by atoms with Crippen molar-refractivity contribution in [2.24, 2.45) is 0 Å². The molecule has 7 heteroatoms. The highest BCUT2D eigenvalue weighted by molar-refractivity contribution is 6.31. The Morgan fingerprint density at radius 1 is 1.14 bits per heavy atom. The molecule has 0 unspecified atom stereocenters. The zero-order valence-electron chi connectivity index (χ0n) is 15.3. The fourth-order valence-electron chi connectivity index (χ4n) is 2.66. The predicted molar refractivity (Wildman–Crippen MR) is 107 cm³/mol. The first-order valence-electron chi connectivity index (χ1n) is 8.63. The SMILES string of the molecule is CCn1ccc(NC(=O)c2ccc(Cl)cc2Oc2ccc(F)cc2C)cc1=O. The second-order valence-electron chi connectivity index (χ2n) is 6.15. The van der Waals surface area contributed by atoms with Crippen LogP contribution in [0.2, 0.25) is 5.02 Å². The number of nitrogens with zero attached hydrogens (tertiary/aromatic N) is 1. The van der Waals surface area contributed by atoms with Crippen molar-refractivity contribution in [1.29, 1.82) is 0 Å². The van der Waals surface area contributed by atoms with Crippen LogP contribution in [0.15, 0.2) is 59.5 Å². The number of benzene rings is 2. The molecule has 1 amide bonds. The molecule has 3 aromatic rings. The summed E-state index contributed by atoms with van der Waals surface area (Å²) in [5.41, 5.74) is 0.968. The summed E-state index contributed by atoms with van der Waals surface area (Å²) in [5.74, 6) is -0.208. The number of hydrogen-bond donors (Lipinski definition) is 1. The van der Waals surface area contributed by atoms with Gasteiger partial charge in [0.2, 0.25) is 0 Å². The fourth-order valence-corrected chi connectivity index (χ4v) is 2.82. The van der Waals surface area contributed by atoms with E-state index < -0.39 is 5.91 Å². The van der Waals surface area contributed by atoms with Gasteiger partial charge >= 0.3 is 0 Å². The molecular weight excluding hydrogens is 383 g/mol. The number of rotatable bonds is 5. The minimum atomic E-state index is -0.458. The Bertz CT molecular complexity index is 1100. The van der Waals surface area contributed by atoms with Gasteiger partial charge in [-0.2, -0.15) is 0 Å².